The first-order valence-corrected chi connectivity index (χ1v) is 17.2. The number of halogens is 3. The van der Waals surface area contributed by atoms with E-state index >= 15 is 0 Å². The maximum atomic E-state index is 14.3. The second-order valence-electron chi connectivity index (χ2n) is 11.0. The number of nitrogens with one attached hydrogen (secondary N) is 1. The SMILES string of the molecule is Cc1ccc(Cl)cc1N(CC(=O)N(Cc1ccc(Cl)c(Cl)c1)C(Cc1ccccc1)C(=O)NC1CCCCC1)S(C)(=O)=O. The zero-order valence-corrected chi connectivity index (χ0v) is 27.3. The molecule has 230 valence electrons. The highest BCUT2D eigenvalue weighted by molar-refractivity contribution is 7.92. The van der Waals surface area contributed by atoms with Gasteiger partial charge in [-0.25, -0.2) is 8.42 Å². The van der Waals surface area contributed by atoms with Crippen molar-refractivity contribution in [2.75, 3.05) is 17.1 Å². The Labute approximate surface area is 269 Å². The van der Waals surface area contributed by atoms with Crippen LogP contribution in [0.3, 0.4) is 0 Å². The number of sulfonamides is 1. The zero-order valence-electron chi connectivity index (χ0n) is 24.2. The smallest absolute Gasteiger partial charge is 0.244 e. The molecule has 1 aliphatic carbocycles. The molecule has 1 aliphatic rings. The van der Waals surface area contributed by atoms with E-state index in [1.807, 2.05) is 30.3 Å². The lowest BCUT2D eigenvalue weighted by Crippen LogP contribution is -2.55. The number of rotatable bonds is 11. The van der Waals surface area contributed by atoms with Gasteiger partial charge in [-0.05, 0) is 60.7 Å². The normalized spacial score (nSPS) is 14.6. The summed E-state index contributed by atoms with van der Waals surface area (Å²) in [6, 6.07) is 18.4. The number of carbonyl (C=O) groups is 2. The van der Waals surface area contributed by atoms with Gasteiger partial charge in [0.15, 0.2) is 0 Å². The molecule has 7 nitrogen and oxygen atoms in total. The lowest BCUT2D eigenvalue weighted by atomic mass is 9.94. The van der Waals surface area contributed by atoms with Crippen LogP contribution in [0.2, 0.25) is 15.1 Å². The van der Waals surface area contributed by atoms with E-state index in [0.717, 1.165) is 48.2 Å². The van der Waals surface area contributed by atoms with Crippen molar-refractivity contribution < 1.29 is 18.0 Å². The third-order valence-electron chi connectivity index (χ3n) is 7.68. The molecule has 4 rings (SSSR count). The van der Waals surface area contributed by atoms with E-state index in [1.54, 1.807) is 37.3 Å². The monoisotopic (exact) mass is 663 g/mol. The number of amides is 2. The summed E-state index contributed by atoms with van der Waals surface area (Å²) in [5, 5.41) is 4.19. The molecule has 0 spiro atoms. The fourth-order valence-electron chi connectivity index (χ4n) is 5.38. The topological polar surface area (TPSA) is 86.8 Å². The number of carbonyl (C=O) groups excluding carboxylic acids is 2. The van der Waals surface area contributed by atoms with E-state index in [0.29, 0.717) is 31.9 Å². The first-order valence-electron chi connectivity index (χ1n) is 14.2. The number of aryl methyl sites for hydroxylation is 1. The van der Waals surface area contributed by atoms with Gasteiger partial charge in [0, 0.05) is 24.0 Å². The molecule has 2 amide bonds. The minimum Gasteiger partial charge on any atom is -0.352 e. The third kappa shape index (κ3) is 9.11. The van der Waals surface area contributed by atoms with Gasteiger partial charge in [-0.3, -0.25) is 13.9 Å². The quantitative estimate of drug-likeness (QED) is 0.244. The second kappa shape index (κ2) is 14.8. The maximum absolute atomic E-state index is 14.3. The molecule has 1 atom stereocenters. The summed E-state index contributed by atoms with van der Waals surface area (Å²) < 4.78 is 27.1. The molecule has 1 saturated carbocycles. The minimum absolute atomic E-state index is 0.0113. The van der Waals surface area contributed by atoms with Crippen LogP contribution in [0.5, 0.6) is 0 Å². The lowest BCUT2D eigenvalue weighted by molar-refractivity contribution is -0.140. The standard InChI is InChI=1S/C32H36Cl3N3O4S/c1-22-13-15-25(33)19-29(22)38(43(2,41)42)21-31(39)37(20-24-14-16-27(34)28(35)17-24)30(18-23-9-5-3-6-10-23)32(40)36-26-11-7-4-8-12-26/h3,5-6,9-10,13-17,19,26,30H,4,7-8,11-12,18,20-21H2,1-2H3,(H,36,40). The molecule has 1 unspecified atom stereocenters. The highest BCUT2D eigenvalue weighted by atomic mass is 35.5. The van der Waals surface area contributed by atoms with Gasteiger partial charge in [-0.1, -0.05) is 96.5 Å². The van der Waals surface area contributed by atoms with E-state index < -0.39 is 28.5 Å². The molecule has 0 saturated heterocycles. The Balaban J connectivity index is 1.76. The molecule has 43 heavy (non-hydrogen) atoms. The number of anilines is 1. The summed E-state index contributed by atoms with van der Waals surface area (Å²) in [6.45, 7) is 1.23. The largest absolute Gasteiger partial charge is 0.352 e. The molecule has 0 heterocycles. The van der Waals surface area contributed by atoms with Crippen LogP contribution >= 0.6 is 34.8 Å². The van der Waals surface area contributed by atoms with Gasteiger partial charge < -0.3 is 10.2 Å². The Morgan fingerprint density at radius 2 is 1.60 bits per heavy atom. The molecular formula is C32H36Cl3N3O4S. The maximum Gasteiger partial charge on any atom is 0.244 e. The van der Waals surface area contributed by atoms with Crippen molar-refractivity contribution in [2.45, 2.75) is 64.1 Å². The molecule has 3 aromatic carbocycles. The Bertz CT molecular complexity index is 1550. The van der Waals surface area contributed by atoms with Gasteiger partial charge in [0.25, 0.3) is 0 Å². The van der Waals surface area contributed by atoms with Crippen LogP contribution < -0.4 is 9.62 Å². The summed E-state index contributed by atoms with van der Waals surface area (Å²) in [5.74, 6) is -0.829. The molecule has 0 bridgehead atoms. The number of hydrogen-bond donors (Lipinski definition) is 1. The van der Waals surface area contributed by atoms with Crippen LogP contribution in [-0.4, -0.2) is 50.0 Å². The molecule has 0 radical (unpaired) electrons. The number of hydrogen-bond acceptors (Lipinski definition) is 4. The first kappa shape index (κ1) is 33.1. The highest BCUT2D eigenvalue weighted by Crippen LogP contribution is 2.28. The third-order valence-corrected chi connectivity index (χ3v) is 9.78. The van der Waals surface area contributed by atoms with Gasteiger partial charge in [-0.2, -0.15) is 0 Å². The average molecular weight is 665 g/mol. The van der Waals surface area contributed by atoms with Crippen molar-refractivity contribution >= 4 is 62.3 Å². The van der Waals surface area contributed by atoms with E-state index in [9.17, 15) is 18.0 Å². The molecule has 1 fully saturated rings. The molecule has 0 aliphatic heterocycles. The molecular weight excluding hydrogens is 629 g/mol. The predicted molar refractivity (Wildman–Crippen MR) is 174 cm³/mol. The van der Waals surface area contributed by atoms with Gasteiger partial charge in [0.2, 0.25) is 21.8 Å². The van der Waals surface area contributed by atoms with Crippen LogP contribution in [0, 0.1) is 6.92 Å². The van der Waals surface area contributed by atoms with Crippen molar-refractivity contribution in [2.24, 2.45) is 0 Å². The van der Waals surface area contributed by atoms with Crippen LogP contribution in [-0.2, 0) is 32.6 Å². The Hall–Kier alpha value is -2.78. The minimum atomic E-state index is -3.91. The van der Waals surface area contributed by atoms with Gasteiger partial charge in [0.05, 0.1) is 22.0 Å². The van der Waals surface area contributed by atoms with Gasteiger partial charge >= 0.3 is 0 Å². The summed E-state index contributed by atoms with van der Waals surface area (Å²) in [7, 11) is -3.91. The van der Waals surface area contributed by atoms with E-state index in [-0.39, 0.29) is 24.9 Å². The molecule has 11 heteroatoms. The van der Waals surface area contributed by atoms with Crippen molar-refractivity contribution in [3.63, 3.8) is 0 Å². The molecule has 1 N–H and O–H groups in total. The van der Waals surface area contributed by atoms with E-state index in [4.69, 9.17) is 34.8 Å². The lowest BCUT2D eigenvalue weighted by Gasteiger charge is -2.35. The Morgan fingerprint density at radius 1 is 0.907 bits per heavy atom. The second-order valence-corrected chi connectivity index (χ2v) is 14.2. The van der Waals surface area contributed by atoms with Gasteiger partial charge in [0.1, 0.15) is 12.6 Å². The van der Waals surface area contributed by atoms with Crippen LogP contribution in [0.15, 0.2) is 66.7 Å². The van der Waals surface area contributed by atoms with Crippen molar-refractivity contribution in [1.29, 1.82) is 0 Å². The Kier molecular flexibility index (Phi) is 11.4. The summed E-state index contributed by atoms with van der Waals surface area (Å²) in [5.41, 5.74) is 2.44. The summed E-state index contributed by atoms with van der Waals surface area (Å²) in [4.78, 5) is 29.8. The van der Waals surface area contributed by atoms with Crippen LogP contribution in [0.25, 0.3) is 0 Å². The predicted octanol–water partition coefficient (Wildman–Crippen LogP) is 6.81. The van der Waals surface area contributed by atoms with Crippen LogP contribution in [0.4, 0.5) is 5.69 Å². The van der Waals surface area contributed by atoms with Crippen molar-refractivity contribution in [3.05, 3.63) is 98.5 Å². The number of nitrogens with zero attached hydrogens (tertiary/aromatic N) is 2. The fourth-order valence-corrected chi connectivity index (χ4v) is 6.76. The van der Waals surface area contributed by atoms with E-state index in [1.165, 1.54) is 11.0 Å². The first-order chi connectivity index (χ1) is 20.4. The van der Waals surface area contributed by atoms with E-state index in [2.05, 4.69) is 5.32 Å². The summed E-state index contributed by atoms with van der Waals surface area (Å²) in [6.07, 6.45) is 6.22. The fraction of sp³-hybridized carbons (Fsp3) is 0.375. The average Bonchev–Trinajstić information content (AvgIpc) is 2.97. The van der Waals surface area contributed by atoms with Gasteiger partial charge in [-0.15, -0.1) is 0 Å². The molecule has 0 aromatic heterocycles. The Morgan fingerprint density at radius 3 is 2.26 bits per heavy atom. The summed E-state index contributed by atoms with van der Waals surface area (Å²) >= 11 is 18.7. The molecule has 3 aromatic rings. The van der Waals surface area contributed by atoms with Crippen molar-refractivity contribution in [1.82, 2.24) is 10.2 Å². The highest BCUT2D eigenvalue weighted by Gasteiger charge is 2.34. The zero-order chi connectivity index (χ0) is 31.1. The van der Waals surface area contributed by atoms with Crippen molar-refractivity contribution in [3.8, 4) is 0 Å². The van der Waals surface area contributed by atoms with Crippen LogP contribution in [0.1, 0.15) is 48.8 Å². The number of benzene rings is 3.